The van der Waals surface area contributed by atoms with Crippen LogP contribution in [0.3, 0.4) is 0 Å². The molecule has 0 aliphatic heterocycles. The summed E-state index contributed by atoms with van der Waals surface area (Å²) in [5.41, 5.74) is 9.18. The Bertz CT molecular complexity index is 1840. The van der Waals surface area contributed by atoms with Gasteiger partial charge in [0.05, 0.1) is 15.9 Å². The van der Waals surface area contributed by atoms with E-state index in [0.29, 0.717) is 21.5 Å². The smallest absolute Gasteiger partial charge is 0.273 e. The van der Waals surface area contributed by atoms with Gasteiger partial charge in [-0.2, -0.15) is 10.4 Å². The van der Waals surface area contributed by atoms with Gasteiger partial charge in [-0.3, -0.25) is 19.1 Å². The standard InChI is InChI=1S/C28H20N6O2S/c1-18-8-5-6-12-23(18)34-27(36)24(37-28(34)22(15-29)26(30)35)14-20-17-33(21-10-3-2-4-11-21)32-25(20)19-9-7-13-31-16-19/h2-14,16-17H,1H3,(H2,30,35)/b24-14+,28-22+. The van der Waals surface area contributed by atoms with Gasteiger partial charge in [-0.15, -0.1) is 11.3 Å². The molecule has 0 saturated carbocycles. The van der Waals surface area contributed by atoms with Crippen molar-refractivity contribution in [2.45, 2.75) is 6.92 Å². The lowest BCUT2D eigenvalue weighted by Gasteiger charge is -2.06. The van der Waals surface area contributed by atoms with Crippen LogP contribution in [-0.4, -0.2) is 25.2 Å². The lowest BCUT2D eigenvalue weighted by molar-refractivity contribution is -0.112. The molecule has 5 rings (SSSR count). The highest BCUT2D eigenvalue weighted by atomic mass is 32.1. The predicted octanol–water partition coefficient (Wildman–Crippen LogP) is 2.44. The zero-order chi connectivity index (χ0) is 25.9. The Hall–Kier alpha value is -5.07. The van der Waals surface area contributed by atoms with Gasteiger partial charge in [-0.1, -0.05) is 36.4 Å². The van der Waals surface area contributed by atoms with Crippen LogP contribution in [0.5, 0.6) is 0 Å². The molecular formula is C28H20N6O2S. The summed E-state index contributed by atoms with van der Waals surface area (Å²) >= 11 is 1.04. The number of aromatic nitrogens is 4. The van der Waals surface area contributed by atoms with Crippen molar-refractivity contribution in [2.24, 2.45) is 5.73 Å². The minimum atomic E-state index is -0.898. The molecule has 0 aliphatic carbocycles. The van der Waals surface area contributed by atoms with E-state index in [1.807, 2.05) is 73.8 Å². The maximum absolute atomic E-state index is 13.7. The zero-order valence-electron chi connectivity index (χ0n) is 19.7. The summed E-state index contributed by atoms with van der Waals surface area (Å²) in [4.78, 5) is 30.1. The Morgan fingerprint density at radius 1 is 1.08 bits per heavy atom. The van der Waals surface area contributed by atoms with Gasteiger partial charge in [-0.25, -0.2) is 4.68 Å². The first kappa shape index (κ1) is 23.7. The molecule has 2 aromatic carbocycles. The van der Waals surface area contributed by atoms with Crippen molar-refractivity contribution >= 4 is 28.9 Å². The number of benzene rings is 2. The Morgan fingerprint density at radius 3 is 2.51 bits per heavy atom. The molecule has 0 spiro atoms. The Balaban J connectivity index is 1.83. The minimum Gasteiger partial charge on any atom is -0.365 e. The number of amides is 1. The highest BCUT2D eigenvalue weighted by Crippen LogP contribution is 2.23. The van der Waals surface area contributed by atoms with Crippen LogP contribution in [0.4, 0.5) is 0 Å². The highest BCUT2D eigenvalue weighted by Gasteiger charge is 2.17. The number of thiazole rings is 1. The average Bonchev–Trinajstić information content (AvgIpc) is 3.47. The highest BCUT2D eigenvalue weighted by molar-refractivity contribution is 7.07. The number of hydrogen-bond acceptors (Lipinski definition) is 6. The van der Waals surface area contributed by atoms with Crippen LogP contribution in [0.2, 0.25) is 0 Å². The largest absolute Gasteiger partial charge is 0.365 e. The van der Waals surface area contributed by atoms with Crippen LogP contribution in [0.1, 0.15) is 11.1 Å². The number of para-hydroxylation sites is 2. The van der Waals surface area contributed by atoms with E-state index >= 15 is 0 Å². The molecule has 180 valence electrons. The van der Waals surface area contributed by atoms with Gasteiger partial charge in [0.15, 0.2) is 5.57 Å². The fourth-order valence-electron chi connectivity index (χ4n) is 3.97. The third-order valence-electron chi connectivity index (χ3n) is 5.74. The van der Waals surface area contributed by atoms with Gasteiger partial charge < -0.3 is 5.73 Å². The van der Waals surface area contributed by atoms with Gasteiger partial charge in [-0.05, 0) is 48.9 Å². The number of hydrogen-bond donors (Lipinski definition) is 1. The number of nitrogens with two attached hydrogens (primary N) is 1. The average molecular weight is 505 g/mol. The molecule has 5 aromatic rings. The second-order valence-electron chi connectivity index (χ2n) is 8.15. The summed E-state index contributed by atoms with van der Waals surface area (Å²) in [7, 11) is 0. The van der Waals surface area contributed by atoms with Crippen molar-refractivity contribution in [1.82, 2.24) is 19.3 Å². The van der Waals surface area contributed by atoms with E-state index in [1.165, 1.54) is 4.57 Å². The van der Waals surface area contributed by atoms with E-state index in [9.17, 15) is 14.9 Å². The topological polar surface area (TPSA) is 120 Å². The molecule has 0 atom stereocenters. The van der Waals surface area contributed by atoms with E-state index in [4.69, 9.17) is 10.8 Å². The van der Waals surface area contributed by atoms with E-state index < -0.39 is 5.91 Å². The predicted molar refractivity (Wildman–Crippen MR) is 142 cm³/mol. The van der Waals surface area contributed by atoms with Crippen LogP contribution in [0, 0.1) is 18.3 Å². The lowest BCUT2D eigenvalue weighted by atomic mass is 10.1. The lowest BCUT2D eigenvalue weighted by Crippen LogP contribution is -2.32. The molecule has 0 radical (unpaired) electrons. The number of nitriles is 1. The van der Waals surface area contributed by atoms with Gasteiger partial charge in [0, 0.05) is 29.7 Å². The first-order chi connectivity index (χ1) is 18.0. The van der Waals surface area contributed by atoms with E-state index in [2.05, 4.69) is 4.98 Å². The van der Waals surface area contributed by atoms with Gasteiger partial charge in [0.25, 0.3) is 11.5 Å². The zero-order valence-corrected chi connectivity index (χ0v) is 20.5. The first-order valence-corrected chi connectivity index (χ1v) is 12.1. The normalized spacial score (nSPS) is 12.3. The van der Waals surface area contributed by atoms with Crippen LogP contribution in [-0.2, 0) is 4.79 Å². The number of primary amides is 1. The molecular weight excluding hydrogens is 484 g/mol. The SMILES string of the molecule is Cc1ccccc1-n1c(=O)/c(=C\c2cn(-c3ccccc3)nc2-c2cccnc2)s/c1=C(\C#N)C(N)=O. The molecule has 0 aliphatic rings. The molecule has 3 heterocycles. The first-order valence-electron chi connectivity index (χ1n) is 11.3. The van der Waals surface area contributed by atoms with Crippen molar-refractivity contribution in [3.05, 3.63) is 116 Å². The number of carbonyl (C=O) groups excluding carboxylic acids is 1. The molecule has 0 bridgehead atoms. The Kier molecular flexibility index (Phi) is 6.32. The Labute approximate surface area is 215 Å². The number of carbonyl (C=O) groups is 1. The molecule has 0 fully saturated rings. The molecule has 8 nitrogen and oxygen atoms in total. The van der Waals surface area contributed by atoms with Crippen molar-refractivity contribution < 1.29 is 4.79 Å². The molecule has 0 unspecified atom stereocenters. The van der Waals surface area contributed by atoms with Crippen molar-refractivity contribution in [2.75, 3.05) is 0 Å². The van der Waals surface area contributed by atoms with Crippen LogP contribution < -0.4 is 20.5 Å². The van der Waals surface area contributed by atoms with Crippen molar-refractivity contribution in [3.8, 4) is 28.7 Å². The summed E-state index contributed by atoms with van der Waals surface area (Å²) < 4.78 is 3.61. The van der Waals surface area contributed by atoms with Crippen molar-refractivity contribution in [1.29, 1.82) is 5.26 Å². The van der Waals surface area contributed by atoms with E-state index in [0.717, 1.165) is 28.2 Å². The summed E-state index contributed by atoms with van der Waals surface area (Å²) in [5.74, 6) is -0.898. The summed E-state index contributed by atoms with van der Waals surface area (Å²) in [6, 6.07) is 22.5. The van der Waals surface area contributed by atoms with Crippen LogP contribution >= 0.6 is 11.3 Å². The van der Waals surface area contributed by atoms with Gasteiger partial charge in [0.2, 0.25) is 0 Å². The summed E-state index contributed by atoms with van der Waals surface area (Å²) in [5, 5.41) is 14.4. The molecule has 9 heteroatoms. The number of nitrogens with zero attached hydrogens (tertiary/aromatic N) is 5. The second-order valence-corrected chi connectivity index (χ2v) is 9.18. The third kappa shape index (κ3) is 4.49. The van der Waals surface area contributed by atoms with Crippen LogP contribution in [0.25, 0.3) is 34.3 Å². The van der Waals surface area contributed by atoms with E-state index in [-0.39, 0.29) is 15.8 Å². The molecule has 0 saturated heterocycles. The maximum atomic E-state index is 13.7. The quantitative estimate of drug-likeness (QED) is 0.394. The number of aryl methyl sites for hydroxylation is 1. The maximum Gasteiger partial charge on any atom is 0.273 e. The number of rotatable bonds is 5. The fraction of sp³-hybridized carbons (Fsp3) is 0.0357. The van der Waals surface area contributed by atoms with Crippen molar-refractivity contribution in [3.63, 3.8) is 0 Å². The van der Waals surface area contributed by atoms with E-state index in [1.54, 1.807) is 35.3 Å². The number of pyridine rings is 1. The monoisotopic (exact) mass is 504 g/mol. The second kappa shape index (κ2) is 9.89. The third-order valence-corrected chi connectivity index (χ3v) is 6.83. The fourth-order valence-corrected chi connectivity index (χ4v) is 5.06. The summed E-state index contributed by atoms with van der Waals surface area (Å²) in [6.07, 6.45) is 6.93. The Morgan fingerprint density at radius 2 is 1.84 bits per heavy atom. The molecule has 1 amide bonds. The minimum absolute atomic E-state index is 0.180. The van der Waals surface area contributed by atoms with Crippen LogP contribution in [0.15, 0.2) is 90.1 Å². The molecule has 37 heavy (non-hydrogen) atoms. The summed E-state index contributed by atoms with van der Waals surface area (Å²) in [6.45, 7) is 1.85. The molecule has 3 aromatic heterocycles. The van der Waals surface area contributed by atoms with Gasteiger partial charge in [0.1, 0.15) is 16.4 Å². The molecule has 2 N–H and O–H groups in total. The van der Waals surface area contributed by atoms with Gasteiger partial charge >= 0.3 is 0 Å².